The molecule has 3 rings (SSSR count). The van der Waals surface area contributed by atoms with Crippen molar-refractivity contribution < 1.29 is 5.11 Å². The summed E-state index contributed by atoms with van der Waals surface area (Å²) in [6.45, 7) is 1.69. The van der Waals surface area contributed by atoms with Gasteiger partial charge in [0.05, 0.1) is 21.9 Å². The molecule has 2 aromatic carbocycles. The van der Waals surface area contributed by atoms with Gasteiger partial charge >= 0.3 is 0 Å². The molecule has 3 aromatic rings. The molecular weight excluding hydrogens is 312 g/mol. The minimum absolute atomic E-state index is 0.0583. The number of benzene rings is 2. The first-order valence-electron chi connectivity index (χ1n) is 7.11. The van der Waals surface area contributed by atoms with Crippen LogP contribution in [-0.4, -0.2) is 15.4 Å². The highest BCUT2D eigenvalue weighted by Crippen LogP contribution is 2.29. The molecule has 5 heteroatoms. The summed E-state index contributed by atoms with van der Waals surface area (Å²) in [5, 5.41) is 11.6. The van der Waals surface area contributed by atoms with Gasteiger partial charge in [-0.3, -0.25) is 9.79 Å². The fraction of sp³-hybridized carbons (Fsp3) is 0.111. The molecular formula is C18H15ClN2O2. The third-order valence-corrected chi connectivity index (χ3v) is 4.10. The zero-order valence-electron chi connectivity index (χ0n) is 12.7. The molecule has 0 aliphatic carbocycles. The van der Waals surface area contributed by atoms with E-state index in [1.54, 1.807) is 38.2 Å². The molecule has 0 spiro atoms. The Labute approximate surface area is 138 Å². The standard InChI is InChI=1S/C18H15ClN2O2/c1-11(20-14-9-5-4-8-13(14)19)16-17(22)12-7-3-6-10-15(12)21(2)18(16)23/h3-10,22H,1-2H3. The molecule has 0 unspecified atom stereocenters. The van der Waals surface area contributed by atoms with Gasteiger partial charge < -0.3 is 9.67 Å². The summed E-state index contributed by atoms with van der Waals surface area (Å²) >= 11 is 6.11. The maximum Gasteiger partial charge on any atom is 0.263 e. The molecule has 0 saturated carbocycles. The zero-order valence-corrected chi connectivity index (χ0v) is 13.5. The van der Waals surface area contributed by atoms with Crippen LogP contribution in [0.3, 0.4) is 0 Å². The largest absolute Gasteiger partial charge is 0.506 e. The van der Waals surface area contributed by atoms with Crippen LogP contribution in [0.1, 0.15) is 12.5 Å². The molecule has 4 nitrogen and oxygen atoms in total. The van der Waals surface area contributed by atoms with E-state index in [-0.39, 0.29) is 16.9 Å². The normalized spacial score (nSPS) is 11.9. The van der Waals surface area contributed by atoms with Crippen LogP contribution >= 0.6 is 11.6 Å². The first-order chi connectivity index (χ1) is 11.0. The molecule has 1 N–H and O–H groups in total. The monoisotopic (exact) mass is 326 g/mol. The van der Waals surface area contributed by atoms with Gasteiger partial charge in [-0.2, -0.15) is 0 Å². The van der Waals surface area contributed by atoms with Gasteiger partial charge in [0, 0.05) is 12.4 Å². The molecule has 0 radical (unpaired) electrons. The molecule has 1 aromatic heterocycles. The molecule has 1 heterocycles. The number of rotatable bonds is 2. The molecule has 0 saturated heterocycles. The van der Waals surface area contributed by atoms with Crippen LogP contribution in [0.5, 0.6) is 5.75 Å². The van der Waals surface area contributed by atoms with Gasteiger partial charge in [-0.05, 0) is 31.2 Å². The topological polar surface area (TPSA) is 54.6 Å². The van der Waals surface area contributed by atoms with E-state index >= 15 is 0 Å². The van der Waals surface area contributed by atoms with Crippen LogP contribution in [0.2, 0.25) is 5.02 Å². The number of fused-ring (bicyclic) bond motifs is 1. The second kappa shape index (κ2) is 5.89. The highest BCUT2D eigenvalue weighted by Gasteiger charge is 2.17. The first-order valence-corrected chi connectivity index (χ1v) is 7.49. The Kier molecular flexibility index (Phi) is 3.92. The van der Waals surface area contributed by atoms with Crippen LogP contribution in [0.15, 0.2) is 58.3 Å². The summed E-state index contributed by atoms with van der Waals surface area (Å²) in [6, 6.07) is 14.3. The predicted octanol–water partition coefficient (Wildman–Crippen LogP) is 4.04. The summed E-state index contributed by atoms with van der Waals surface area (Å²) < 4.78 is 1.51. The van der Waals surface area contributed by atoms with Crippen molar-refractivity contribution in [1.82, 2.24) is 4.57 Å². The summed E-state index contributed by atoms with van der Waals surface area (Å²) in [6.07, 6.45) is 0. The van der Waals surface area contributed by atoms with E-state index in [0.717, 1.165) is 0 Å². The van der Waals surface area contributed by atoms with Crippen molar-refractivity contribution in [2.45, 2.75) is 6.92 Å². The van der Waals surface area contributed by atoms with Crippen LogP contribution in [0.4, 0.5) is 5.69 Å². The fourth-order valence-electron chi connectivity index (χ4n) is 2.58. The van der Waals surface area contributed by atoms with Gasteiger partial charge in [0.15, 0.2) is 0 Å². The lowest BCUT2D eigenvalue weighted by Crippen LogP contribution is -2.24. The van der Waals surface area contributed by atoms with Crippen molar-refractivity contribution in [1.29, 1.82) is 0 Å². The Morgan fingerprint density at radius 2 is 1.78 bits per heavy atom. The highest BCUT2D eigenvalue weighted by molar-refractivity contribution is 6.33. The van der Waals surface area contributed by atoms with E-state index in [4.69, 9.17) is 11.6 Å². The maximum atomic E-state index is 12.6. The number of nitrogens with zero attached hydrogens (tertiary/aromatic N) is 2. The maximum absolute atomic E-state index is 12.6. The molecule has 0 aliphatic rings. The Morgan fingerprint density at radius 3 is 2.52 bits per heavy atom. The van der Waals surface area contributed by atoms with Crippen molar-refractivity contribution in [3.05, 3.63) is 69.5 Å². The lowest BCUT2D eigenvalue weighted by Gasteiger charge is -2.11. The van der Waals surface area contributed by atoms with Gasteiger partial charge in [0.25, 0.3) is 5.56 Å². The molecule has 0 fully saturated rings. The number of hydrogen-bond acceptors (Lipinski definition) is 3. The second-order valence-corrected chi connectivity index (χ2v) is 5.66. The number of pyridine rings is 1. The lowest BCUT2D eigenvalue weighted by molar-refractivity contribution is 0.478. The Balaban J connectivity index is 2.28. The number of aromatic hydroxyl groups is 1. The summed E-state index contributed by atoms with van der Waals surface area (Å²) in [4.78, 5) is 17.0. The van der Waals surface area contributed by atoms with Gasteiger partial charge in [-0.25, -0.2) is 0 Å². The lowest BCUT2D eigenvalue weighted by atomic mass is 10.1. The minimum atomic E-state index is -0.297. The average molecular weight is 327 g/mol. The number of hydrogen-bond donors (Lipinski definition) is 1. The van der Waals surface area contributed by atoms with Crippen molar-refractivity contribution in [2.24, 2.45) is 12.0 Å². The Morgan fingerprint density at radius 1 is 1.13 bits per heavy atom. The van der Waals surface area contributed by atoms with Crippen molar-refractivity contribution >= 4 is 33.9 Å². The van der Waals surface area contributed by atoms with Gasteiger partial charge in [-0.1, -0.05) is 35.9 Å². The van der Waals surface area contributed by atoms with E-state index in [1.165, 1.54) is 4.57 Å². The minimum Gasteiger partial charge on any atom is -0.506 e. The third kappa shape index (κ3) is 2.62. The van der Waals surface area contributed by atoms with E-state index in [9.17, 15) is 9.90 Å². The van der Waals surface area contributed by atoms with E-state index < -0.39 is 0 Å². The van der Waals surface area contributed by atoms with Gasteiger partial charge in [0.2, 0.25) is 0 Å². The average Bonchev–Trinajstić information content (AvgIpc) is 2.55. The third-order valence-electron chi connectivity index (χ3n) is 3.78. The molecule has 0 atom stereocenters. The number of aromatic nitrogens is 1. The van der Waals surface area contributed by atoms with E-state index in [2.05, 4.69) is 4.99 Å². The zero-order chi connectivity index (χ0) is 16.6. The molecule has 23 heavy (non-hydrogen) atoms. The van der Waals surface area contributed by atoms with Crippen molar-refractivity contribution in [3.63, 3.8) is 0 Å². The first kappa shape index (κ1) is 15.3. The van der Waals surface area contributed by atoms with Gasteiger partial charge in [0.1, 0.15) is 11.3 Å². The van der Waals surface area contributed by atoms with E-state index in [0.29, 0.717) is 27.3 Å². The van der Waals surface area contributed by atoms with Crippen LogP contribution in [-0.2, 0) is 7.05 Å². The summed E-state index contributed by atoms with van der Waals surface area (Å²) in [5.41, 5.74) is 1.54. The fourth-order valence-corrected chi connectivity index (χ4v) is 2.76. The van der Waals surface area contributed by atoms with E-state index in [1.807, 2.05) is 24.3 Å². The molecule has 116 valence electrons. The predicted molar refractivity (Wildman–Crippen MR) is 94.2 cm³/mol. The van der Waals surface area contributed by atoms with Crippen LogP contribution in [0, 0.1) is 0 Å². The Bertz CT molecular complexity index is 990. The van der Waals surface area contributed by atoms with Crippen molar-refractivity contribution in [2.75, 3.05) is 0 Å². The quantitative estimate of drug-likeness (QED) is 0.723. The number of aliphatic imine (C=N–C) groups is 1. The smallest absolute Gasteiger partial charge is 0.263 e. The summed E-state index contributed by atoms with van der Waals surface area (Å²) in [5.74, 6) is -0.0583. The molecule has 0 aliphatic heterocycles. The van der Waals surface area contributed by atoms with Crippen molar-refractivity contribution in [3.8, 4) is 5.75 Å². The van der Waals surface area contributed by atoms with Crippen LogP contribution in [0.25, 0.3) is 10.9 Å². The van der Waals surface area contributed by atoms with Crippen LogP contribution < -0.4 is 5.56 Å². The summed E-state index contributed by atoms with van der Waals surface area (Å²) in [7, 11) is 1.68. The number of aryl methyl sites for hydroxylation is 1. The highest BCUT2D eigenvalue weighted by atomic mass is 35.5. The Hall–Kier alpha value is -2.59. The number of halogens is 1. The SMILES string of the molecule is CC(=Nc1ccccc1Cl)c1c(O)c2ccccc2n(C)c1=O. The second-order valence-electron chi connectivity index (χ2n) is 5.25. The molecule has 0 bridgehead atoms. The number of para-hydroxylation sites is 2. The molecule has 0 amide bonds. The van der Waals surface area contributed by atoms with Gasteiger partial charge in [-0.15, -0.1) is 0 Å².